The predicted molar refractivity (Wildman–Crippen MR) is 184 cm³/mol. The van der Waals surface area contributed by atoms with E-state index in [1.165, 1.54) is 6.92 Å². The van der Waals surface area contributed by atoms with Gasteiger partial charge in [-0.05, 0) is 74.8 Å². The van der Waals surface area contributed by atoms with Gasteiger partial charge in [0.2, 0.25) is 5.78 Å². The lowest BCUT2D eigenvalue weighted by Gasteiger charge is -2.59. The van der Waals surface area contributed by atoms with Gasteiger partial charge in [0.05, 0.1) is 16.9 Å². The van der Waals surface area contributed by atoms with Crippen molar-refractivity contribution in [2.45, 2.75) is 86.7 Å². The first-order valence-corrected chi connectivity index (χ1v) is 16.4. The first-order valence-electron chi connectivity index (χ1n) is 16.4. The molecule has 2 aromatic rings. The van der Waals surface area contributed by atoms with Crippen LogP contribution in [0.5, 0.6) is 5.75 Å². The molecule has 11 heteroatoms. The monoisotopic (exact) mass is 672 g/mol. The minimum Gasteiger partial charge on any atom is -0.508 e. The highest BCUT2D eigenvalue weighted by Gasteiger charge is 2.72. The van der Waals surface area contributed by atoms with Gasteiger partial charge in [0, 0.05) is 27.9 Å². The standard InChI is InChI=1S/C38H44N2O9/c1-16(2)21-13-25(40-35(48)39-24-11-10-18(5)12-22(24)19(6)41)30(43)27-23(21)14-36(8)15-37(9)28(17(3)4)31(44)26(20(7)42)33(46)38(37,49)34(47)29(36)32(27)45/h10-13,16-17,28,43,45-46,49H,14-15H2,1-9H3,(H2,39,40,48)/t28?,36-,37-,38+/m1/s1. The average molecular weight is 673 g/mol. The molecule has 0 aromatic heterocycles. The molecule has 0 radical (unpaired) electrons. The molecule has 6 N–H and O–H groups in total. The van der Waals surface area contributed by atoms with Gasteiger partial charge in [0.25, 0.3) is 0 Å². The minimum absolute atomic E-state index is 0.0271. The van der Waals surface area contributed by atoms with Crippen LogP contribution in [0.3, 0.4) is 0 Å². The third-order valence-corrected chi connectivity index (χ3v) is 10.7. The number of nitrogens with one attached hydrogen (secondary N) is 2. The summed E-state index contributed by atoms with van der Waals surface area (Å²) in [5.41, 5.74) is -4.01. The van der Waals surface area contributed by atoms with E-state index in [2.05, 4.69) is 10.6 Å². The molecule has 3 aliphatic rings. The molecule has 260 valence electrons. The van der Waals surface area contributed by atoms with E-state index in [4.69, 9.17) is 0 Å². The summed E-state index contributed by atoms with van der Waals surface area (Å²) in [6.45, 7) is 14.9. The Kier molecular flexibility index (Phi) is 8.47. The number of anilines is 2. The molecule has 4 atom stereocenters. The van der Waals surface area contributed by atoms with Gasteiger partial charge >= 0.3 is 6.03 Å². The number of hydrogen-bond donors (Lipinski definition) is 6. The number of phenols is 1. The number of aliphatic hydroxyl groups is 3. The molecule has 49 heavy (non-hydrogen) atoms. The van der Waals surface area contributed by atoms with E-state index < -0.39 is 74.5 Å². The summed E-state index contributed by atoms with van der Waals surface area (Å²) in [5, 5.41) is 52.5. The van der Waals surface area contributed by atoms with Crippen molar-refractivity contribution in [3.05, 3.63) is 69.0 Å². The maximum Gasteiger partial charge on any atom is 0.323 e. The van der Waals surface area contributed by atoms with E-state index in [-0.39, 0.29) is 47.1 Å². The van der Waals surface area contributed by atoms with Crippen LogP contribution in [0.15, 0.2) is 41.2 Å². The van der Waals surface area contributed by atoms with Crippen LogP contribution in [0.1, 0.15) is 100 Å². The SMILES string of the molecule is CC(=O)C1=C(O)[C@]2(O)C(=O)C3=C(O)c4c(O)c(NC(=O)Nc5ccc(C)cc5C(C)=O)cc(C(C)C)c4C[C@]3(C)C[C@]2(C)C(C(C)C)C1=O. The highest BCUT2D eigenvalue weighted by atomic mass is 16.3. The molecule has 2 aromatic carbocycles. The maximum atomic E-state index is 14.6. The lowest BCUT2D eigenvalue weighted by Crippen LogP contribution is -2.69. The summed E-state index contributed by atoms with van der Waals surface area (Å²) in [5.74, 6) is -6.62. The summed E-state index contributed by atoms with van der Waals surface area (Å²) < 4.78 is 0. The number of fused-ring (bicyclic) bond motifs is 3. The second-order valence-corrected chi connectivity index (χ2v) is 15.0. The fourth-order valence-electron chi connectivity index (χ4n) is 8.76. The molecule has 5 rings (SSSR count). The van der Waals surface area contributed by atoms with Gasteiger partial charge in [-0.15, -0.1) is 0 Å². The zero-order chi connectivity index (χ0) is 36.7. The number of benzene rings is 2. The number of urea groups is 1. The quantitative estimate of drug-likeness (QED) is 0.113. The number of phenolic OH excluding ortho intramolecular Hbond substituents is 1. The summed E-state index contributed by atoms with van der Waals surface area (Å²) >= 11 is 0. The summed E-state index contributed by atoms with van der Waals surface area (Å²) in [7, 11) is 0. The van der Waals surface area contributed by atoms with Crippen molar-refractivity contribution in [3.8, 4) is 5.75 Å². The zero-order valence-corrected chi connectivity index (χ0v) is 29.3. The number of aryl methyl sites for hydroxylation is 1. The lowest BCUT2D eigenvalue weighted by molar-refractivity contribution is -0.178. The van der Waals surface area contributed by atoms with Crippen LogP contribution in [0, 0.1) is 29.6 Å². The number of aliphatic hydroxyl groups excluding tert-OH is 2. The van der Waals surface area contributed by atoms with Crippen molar-refractivity contribution in [2.24, 2.45) is 22.7 Å². The minimum atomic E-state index is -2.73. The van der Waals surface area contributed by atoms with Crippen molar-refractivity contribution < 1.29 is 44.4 Å². The van der Waals surface area contributed by atoms with Gasteiger partial charge < -0.3 is 31.1 Å². The number of Topliss-reactive ketones (excluding diaryl/α,β-unsaturated/α-hetero) is 4. The van der Waals surface area contributed by atoms with E-state index in [0.717, 1.165) is 12.5 Å². The van der Waals surface area contributed by atoms with E-state index in [1.54, 1.807) is 52.0 Å². The van der Waals surface area contributed by atoms with Crippen molar-refractivity contribution >= 4 is 46.3 Å². The van der Waals surface area contributed by atoms with Crippen molar-refractivity contribution in [2.75, 3.05) is 10.6 Å². The van der Waals surface area contributed by atoms with Crippen LogP contribution >= 0.6 is 0 Å². The molecular weight excluding hydrogens is 628 g/mol. The molecule has 1 saturated carbocycles. The molecule has 11 nitrogen and oxygen atoms in total. The Hall–Kier alpha value is -4.77. The first kappa shape index (κ1) is 35.5. The number of rotatable bonds is 6. The second-order valence-electron chi connectivity index (χ2n) is 15.0. The average Bonchev–Trinajstić information content (AvgIpc) is 2.96. The van der Waals surface area contributed by atoms with Gasteiger partial charge in [-0.3, -0.25) is 19.2 Å². The molecular formula is C38H44N2O9. The highest BCUT2D eigenvalue weighted by molar-refractivity contribution is 6.24. The van der Waals surface area contributed by atoms with Crippen molar-refractivity contribution in [3.63, 3.8) is 0 Å². The number of carbonyl (C=O) groups is 5. The molecule has 1 unspecified atom stereocenters. The summed E-state index contributed by atoms with van der Waals surface area (Å²) in [6.07, 6.45) is 0.0850. The summed E-state index contributed by atoms with van der Waals surface area (Å²) in [6, 6.07) is 5.78. The molecule has 0 heterocycles. The number of carbonyl (C=O) groups excluding carboxylic acids is 5. The molecule has 0 aliphatic heterocycles. The Morgan fingerprint density at radius 3 is 2.08 bits per heavy atom. The number of aromatic hydroxyl groups is 1. The first-order chi connectivity index (χ1) is 22.6. The van der Waals surface area contributed by atoms with Crippen LogP contribution in [-0.2, 0) is 20.8 Å². The van der Waals surface area contributed by atoms with E-state index >= 15 is 0 Å². The number of allylic oxidation sites excluding steroid dienone is 1. The largest absolute Gasteiger partial charge is 0.508 e. The van der Waals surface area contributed by atoms with Gasteiger partial charge in [0.15, 0.2) is 23.0 Å². The fourth-order valence-corrected chi connectivity index (χ4v) is 8.76. The van der Waals surface area contributed by atoms with Crippen molar-refractivity contribution in [1.82, 2.24) is 0 Å². The Balaban J connectivity index is 1.69. The van der Waals surface area contributed by atoms with E-state index in [1.807, 2.05) is 20.8 Å². The van der Waals surface area contributed by atoms with Crippen LogP contribution < -0.4 is 10.6 Å². The third-order valence-electron chi connectivity index (χ3n) is 10.7. The van der Waals surface area contributed by atoms with Gasteiger partial charge in [-0.1, -0.05) is 53.2 Å². The van der Waals surface area contributed by atoms with Gasteiger partial charge in [-0.2, -0.15) is 0 Å². The van der Waals surface area contributed by atoms with Gasteiger partial charge in [-0.25, -0.2) is 4.79 Å². The molecule has 2 amide bonds. The molecule has 0 saturated heterocycles. The maximum absolute atomic E-state index is 14.6. The Bertz CT molecular complexity index is 1940. The smallest absolute Gasteiger partial charge is 0.323 e. The lowest BCUT2D eigenvalue weighted by atomic mass is 9.43. The molecule has 0 spiro atoms. The van der Waals surface area contributed by atoms with Crippen LogP contribution in [0.25, 0.3) is 5.76 Å². The Morgan fingerprint density at radius 1 is 0.918 bits per heavy atom. The fraction of sp³-hybridized carbons (Fsp3) is 0.447. The van der Waals surface area contributed by atoms with Crippen LogP contribution in [0.4, 0.5) is 16.2 Å². The Labute approximate surface area is 285 Å². The number of amides is 2. The van der Waals surface area contributed by atoms with Gasteiger partial charge in [0.1, 0.15) is 22.8 Å². The molecule has 3 aliphatic carbocycles. The Morgan fingerprint density at radius 2 is 1.53 bits per heavy atom. The van der Waals surface area contributed by atoms with Crippen LogP contribution in [-0.4, -0.2) is 55.2 Å². The summed E-state index contributed by atoms with van der Waals surface area (Å²) in [4.78, 5) is 66.5. The third kappa shape index (κ3) is 5.08. The van der Waals surface area contributed by atoms with Crippen molar-refractivity contribution in [1.29, 1.82) is 0 Å². The topological polar surface area (TPSA) is 190 Å². The molecule has 1 fully saturated rings. The predicted octanol–water partition coefficient (Wildman–Crippen LogP) is 6.47. The normalized spacial score (nSPS) is 26.4. The second kappa shape index (κ2) is 11.7. The van der Waals surface area contributed by atoms with Crippen LogP contribution in [0.2, 0.25) is 0 Å². The van der Waals surface area contributed by atoms with E-state index in [9.17, 15) is 44.4 Å². The zero-order valence-electron chi connectivity index (χ0n) is 29.3. The number of ketones is 4. The molecule has 0 bridgehead atoms. The highest BCUT2D eigenvalue weighted by Crippen LogP contribution is 2.65. The van der Waals surface area contributed by atoms with E-state index in [0.29, 0.717) is 16.7 Å². The number of hydrogen-bond acceptors (Lipinski definition) is 9.